The molecule has 1 aromatic rings. The van der Waals surface area contributed by atoms with E-state index >= 15 is 0 Å². The van der Waals surface area contributed by atoms with Gasteiger partial charge in [0.05, 0.1) is 6.61 Å². The number of pyridine rings is 1. The van der Waals surface area contributed by atoms with Crippen molar-refractivity contribution in [2.75, 3.05) is 6.61 Å². The monoisotopic (exact) mass is 289 g/mol. The molecule has 88 valence electrons. The van der Waals surface area contributed by atoms with Crippen LogP contribution in [0.1, 0.15) is 18.6 Å². The molecule has 0 aliphatic heterocycles. The number of hydrogen-bond acceptors (Lipinski definition) is 5. The van der Waals surface area contributed by atoms with Crippen LogP contribution in [0, 0.1) is 0 Å². The summed E-state index contributed by atoms with van der Waals surface area (Å²) in [5.74, 6) is -0.856. The van der Waals surface area contributed by atoms with E-state index in [0.29, 0.717) is 10.2 Å². The van der Waals surface area contributed by atoms with Crippen LogP contribution in [0.5, 0.6) is 0 Å². The average molecular weight is 290 g/mol. The first-order valence-electron chi connectivity index (χ1n) is 4.71. The highest BCUT2D eigenvalue weighted by atomic mass is 79.9. The number of aliphatic hydroxyl groups is 2. The highest BCUT2D eigenvalue weighted by Crippen LogP contribution is 2.23. The molecule has 6 heteroatoms. The van der Waals surface area contributed by atoms with E-state index < -0.39 is 18.2 Å². The molecule has 1 aromatic heterocycles. The Bertz CT molecular complexity index is 372. The van der Waals surface area contributed by atoms with Crippen molar-refractivity contribution in [2.24, 2.45) is 0 Å². The van der Waals surface area contributed by atoms with E-state index in [2.05, 4.69) is 25.7 Å². The van der Waals surface area contributed by atoms with Gasteiger partial charge in [0.25, 0.3) is 0 Å². The van der Waals surface area contributed by atoms with Gasteiger partial charge >= 0.3 is 5.97 Å². The molecular weight excluding hydrogens is 278 g/mol. The second-order valence-corrected chi connectivity index (χ2v) is 3.78. The van der Waals surface area contributed by atoms with Gasteiger partial charge in [-0.3, -0.25) is 0 Å². The van der Waals surface area contributed by atoms with Crippen LogP contribution >= 0.6 is 15.9 Å². The third-order valence-electron chi connectivity index (χ3n) is 1.93. The number of nitrogens with zero attached hydrogens (tertiary/aromatic N) is 1. The average Bonchev–Trinajstić information content (AvgIpc) is 2.28. The summed E-state index contributed by atoms with van der Waals surface area (Å²) in [4.78, 5) is 15.1. The molecule has 0 bridgehead atoms. The molecule has 1 heterocycles. The van der Waals surface area contributed by atoms with Gasteiger partial charge in [-0.25, -0.2) is 9.78 Å². The summed E-state index contributed by atoms with van der Waals surface area (Å²) < 4.78 is 4.98. The van der Waals surface area contributed by atoms with Crippen LogP contribution in [0.15, 0.2) is 22.9 Å². The molecular formula is C10H12BrNO4. The van der Waals surface area contributed by atoms with E-state index in [-0.39, 0.29) is 6.61 Å². The van der Waals surface area contributed by atoms with Crippen LogP contribution in [0.2, 0.25) is 0 Å². The molecule has 2 N–H and O–H groups in total. The molecule has 1 rings (SSSR count). The topological polar surface area (TPSA) is 79.7 Å². The van der Waals surface area contributed by atoms with Crippen LogP contribution in [0.25, 0.3) is 0 Å². The summed E-state index contributed by atoms with van der Waals surface area (Å²) in [5.41, 5.74) is 0.336. The molecule has 0 radical (unpaired) electrons. The van der Waals surface area contributed by atoms with Crippen molar-refractivity contribution in [3.8, 4) is 0 Å². The Balaban J connectivity index is 2.82. The Morgan fingerprint density at radius 3 is 2.88 bits per heavy atom. The molecule has 0 aromatic carbocycles. The van der Waals surface area contributed by atoms with Gasteiger partial charge < -0.3 is 14.9 Å². The summed E-state index contributed by atoms with van der Waals surface area (Å²) in [6.07, 6.45) is -1.44. The highest BCUT2D eigenvalue weighted by molar-refractivity contribution is 9.10. The summed E-state index contributed by atoms with van der Waals surface area (Å²) in [6.45, 7) is 1.77. The van der Waals surface area contributed by atoms with E-state index in [9.17, 15) is 15.0 Å². The molecule has 0 aliphatic rings. The van der Waals surface area contributed by atoms with Gasteiger partial charge in [-0.1, -0.05) is 6.07 Å². The molecule has 16 heavy (non-hydrogen) atoms. The maximum Gasteiger partial charge on any atom is 0.338 e. The lowest BCUT2D eigenvalue weighted by Gasteiger charge is -2.17. The van der Waals surface area contributed by atoms with Crippen LogP contribution in [0.3, 0.4) is 0 Å². The summed E-state index contributed by atoms with van der Waals surface area (Å²) >= 11 is 3.12. The first kappa shape index (κ1) is 13.1. The quantitative estimate of drug-likeness (QED) is 0.633. The molecule has 2 atom stereocenters. The van der Waals surface area contributed by atoms with Crippen LogP contribution in [-0.2, 0) is 9.53 Å². The van der Waals surface area contributed by atoms with Gasteiger partial charge in [0.2, 0.25) is 0 Å². The summed E-state index contributed by atoms with van der Waals surface area (Å²) in [6, 6.07) is 3.16. The van der Waals surface area contributed by atoms with Gasteiger partial charge in [0, 0.05) is 11.8 Å². The number of esters is 1. The van der Waals surface area contributed by atoms with Gasteiger partial charge in [0.1, 0.15) is 10.7 Å². The first-order chi connectivity index (χ1) is 7.57. The number of ether oxygens (including phenoxy) is 1. The Labute approximate surface area is 101 Å². The van der Waals surface area contributed by atoms with E-state index in [1.807, 2.05) is 0 Å². The zero-order valence-electron chi connectivity index (χ0n) is 8.63. The van der Waals surface area contributed by atoms with E-state index in [4.69, 9.17) is 0 Å². The molecule has 2 unspecified atom stereocenters. The molecule has 5 nitrogen and oxygen atoms in total. The van der Waals surface area contributed by atoms with Crippen LogP contribution < -0.4 is 0 Å². The van der Waals surface area contributed by atoms with Crippen molar-refractivity contribution in [1.29, 1.82) is 0 Å². The minimum absolute atomic E-state index is 0.150. The Morgan fingerprint density at radius 1 is 1.62 bits per heavy atom. The largest absolute Gasteiger partial charge is 0.464 e. The van der Waals surface area contributed by atoms with E-state index in [1.54, 1.807) is 19.1 Å². The fourth-order valence-electron chi connectivity index (χ4n) is 1.15. The minimum atomic E-state index is -1.61. The third-order valence-corrected chi connectivity index (χ3v) is 2.60. The predicted octanol–water partition coefficient (Wildman–Crippen LogP) is 0.802. The standard InChI is InChI=1S/C10H12BrNO4/c1-2-16-10(15)8(14)7(13)6-4-3-5-12-9(6)11/h3-5,7-8,13-14H,2H2,1H3. The molecule has 0 amide bonds. The molecule has 0 spiro atoms. The zero-order chi connectivity index (χ0) is 12.1. The van der Waals surface area contributed by atoms with Crippen molar-refractivity contribution < 1.29 is 19.7 Å². The molecule has 0 fully saturated rings. The number of aliphatic hydroxyl groups excluding tert-OH is 2. The lowest BCUT2D eigenvalue weighted by atomic mass is 10.1. The maximum absolute atomic E-state index is 11.2. The van der Waals surface area contributed by atoms with Gasteiger partial charge in [0.15, 0.2) is 6.10 Å². The molecule has 0 saturated heterocycles. The zero-order valence-corrected chi connectivity index (χ0v) is 10.2. The number of aromatic nitrogens is 1. The number of hydrogen-bond donors (Lipinski definition) is 2. The Kier molecular flexibility index (Phi) is 4.85. The first-order valence-corrected chi connectivity index (χ1v) is 5.50. The van der Waals surface area contributed by atoms with Gasteiger partial charge in [-0.2, -0.15) is 0 Å². The number of rotatable bonds is 4. The summed E-state index contributed by atoms with van der Waals surface area (Å²) in [5, 5.41) is 19.3. The van der Waals surface area contributed by atoms with Gasteiger partial charge in [-0.05, 0) is 28.9 Å². The van der Waals surface area contributed by atoms with Crippen molar-refractivity contribution in [1.82, 2.24) is 4.98 Å². The van der Waals surface area contributed by atoms with Crippen molar-refractivity contribution in [2.45, 2.75) is 19.1 Å². The Morgan fingerprint density at radius 2 is 2.31 bits per heavy atom. The number of carbonyl (C=O) groups excluding carboxylic acids is 1. The van der Waals surface area contributed by atoms with Crippen LogP contribution in [-0.4, -0.2) is 33.9 Å². The number of carbonyl (C=O) groups is 1. The smallest absolute Gasteiger partial charge is 0.338 e. The van der Waals surface area contributed by atoms with E-state index in [0.717, 1.165) is 0 Å². The SMILES string of the molecule is CCOC(=O)C(O)C(O)c1cccnc1Br. The lowest BCUT2D eigenvalue weighted by molar-refractivity contribution is -0.159. The maximum atomic E-state index is 11.2. The van der Waals surface area contributed by atoms with Crippen molar-refractivity contribution in [3.63, 3.8) is 0 Å². The van der Waals surface area contributed by atoms with Crippen molar-refractivity contribution in [3.05, 3.63) is 28.5 Å². The van der Waals surface area contributed by atoms with E-state index in [1.165, 1.54) is 6.20 Å². The van der Waals surface area contributed by atoms with Crippen molar-refractivity contribution >= 4 is 21.9 Å². The third kappa shape index (κ3) is 3.01. The normalized spacial score (nSPS) is 14.2. The van der Waals surface area contributed by atoms with Gasteiger partial charge in [-0.15, -0.1) is 0 Å². The summed E-state index contributed by atoms with van der Waals surface area (Å²) in [7, 11) is 0. The Hall–Kier alpha value is -0.980. The lowest BCUT2D eigenvalue weighted by Crippen LogP contribution is -2.30. The second-order valence-electron chi connectivity index (χ2n) is 3.03. The number of halogens is 1. The molecule has 0 aliphatic carbocycles. The fraction of sp³-hybridized carbons (Fsp3) is 0.400. The highest BCUT2D eigenvalue weighted by Gasteiger charge is 2.28. The molecule has 0 saturated carbocycles. The fourth-order valence-corrected chi connectivity index (χ4v) is 1.63. The van der Waals surface area contributed by atoms with Crippen LogP contribution in [0.4, 0.5) is 0 Å². The minimum Gasteiger partial charge on any atom is -0.464 e. The predicted molar refractivity (Wildman–Crippen MR) is 59.5 cm³/mol. The second kappa shape index (κ2) is 5.93.